The summed E-state index contributed by atoms with van der Waals surface area (Å²) in [7, 11) is 1.55. The first-order valence-electron chi connectivity index (χ1n) is 6.42. The summed E-state index contributed by atoms with van der Waals surface area (Å²) in [4.78, 5) is 12.1. The number of methoxy groups -OCH3 is 1. The summed E-state index contributed by atoms with van der Waals surface area (Å²) in [6, 6.07) is 6.83. The number of nitrogens with one attached hydrogen (secondary N) is 2. The average Bonchev–Trinajstić information content (AvgIpc) is 3.18. The van der Waals surface area contributed by atoms with E-state index < -0.39 is 0 Å². The fourth-order valence-corrected chi connectivity index (χ4v) is 1.95. The van der Waals surface area contributed by atoms with Gasteiger partial charge in [0.2, 0.25) is 0 Å². The standard InChI is InChI=1S/C13H13N7O2/c1-8-5-10(17-16-8)13(21)15-9-3-4-12(22-2)11(6-9)20-7-14-18-19-20/h3-7H,1-2H3,(H,15,21)(H,16,17). The van der Waals surface area contributed by atoms with Crippen LogP contribution in [0.25, 0.3) is 5.69 Å². The smallest absolute Gasteiger partial charge is 0.276 e. The van der Waals surface area contributed by atoms with Crippen LogP contribution in [0.5, 0.6) is 5.75 Å². The molecule has 0 radical (unpaired) electrons. The number of anilines is 1. The third-order valence-electron chi connectivity index (χ3n) is 2.97. The Labute approximate surface area is 125 Å². The van der Waals surface area contributed by atoms with Crippen molar-refractivity contribution >= 4 is 11.6 Å². The molecule has 0 fully saturated rings. The maximum absolute atomic E-state index is 12.1. The lowest BCUT2D eigenvalue weighted by Crippen LogP contribution is -2.13. The molecular formula is C13H13N7O2. The van der Waals surface area contributed by atoms with Crippen LogP contribution in [0, 0.1) is 6.92 Å². The molecule has 9 heteroatoms. The molecule has 112 valence electrons. The molecule has 0 aliphatic carbocycles. The van der Waals surface area contributed by atoms with E-state index in [1.165, 1.54) is 11.0 Å². The highest BCUT2D eigenvalue weighted by Gasteiger charge is 2.12. The fraction of sp³-hybridized carbons (Fsp3) is 0.154. The molecule has 2 N–H and O–H groups in total. The van der Waals surface area contributed by atoms with Crippen LogP contribution < -0.4 is 10.1 Å². The molecule has 1 aromatic carbocycles. The summed E-state index contributed by atoms with van der Waals surface area (Å²) in [5.41, 5.74) is 2.33. The summed E-state index contributed by atoms with van der Waals surface area (Å²) in [5, 5.41) is 20.4. The molecule has 0 saturated carbocycles. The van der Waals surface area contributed by atoms with E-state index in [4.69, 9.17) is 4.74 Å². The number of H-pyrrole nitrogens is 1. The zero-order valence-corrected chi connectivity index (χ0v) is 11.9. The Kier molecular flexibility index (Phi) is 3.52. The van der Waals surface area contributed by atoms with Crippen LogP contribution in [0.2, 0.25) is 0 Å². The van der Waals surface area contributed by atoms with Crippen molar-refractivity contribution in [2.45, 2.75) is 6.92 Å². The SMILES string of the molecule is COc1ccc(NC(=O)c2cc(C)[nH]n2)cc1-n1cnnn1. The highest BCUT2D eigenvalue weighted by Crippen LogP contribution is 2.25. The van der Waals surface area contributed by atoms with Crippen LogP contribution >= 0.6 is 0 Å². The summed E-state index contributed by atoms with van der Waals surface area (Å²) >= 11 is 0. The number of ether oxygens (including phenoxy) is 1. The van der Waals surface area contributed by atoms with Crippen molar-refractivity contribution in [2.24, 2.45) is 0 Å². The Morgan fingerprint density at radius 3 is 2.86 bits per heavy atom. The lowest BCUT2D eigenvalue weighted by Gasteiger charge is -2.10. The first-order chi connectivity index (χ1) is 10.7. The number of aromatic amines is 1. The van der Waals surface area contributed by atoms with E-state index in [0.717, 1.165) is 5.69 Å². The third kappa shape index (κ3) is 2.64. The van der Waals surface area contributed by atoms with E-state index in [1.54, 1.807) is 31.4 Å². The van der Waals surface area contributed by atoms with Gasteiger partial charge in [0, 0.05) is 11.4 Å². The van der Waals surface area contributed by atoms with Crippen LogP contribution in [0.4, 0.5) is 5.69 Å². The van der Waals surface area contributed by atoms with Gasteiger partial charge in [-0.1, -0.05) is 0 Å². The van der Waals surface area contributed by atoms with Crippen molar-refractivity contribution in [1.82, 2.24) is 30.4 Å². The number of aryl methyl sites for hydroxylation is 1. The largest absolute Gasteiger partial charge is 0.494 e. The molecule has 0 spiro atoms. The van der Waals surface area contributed by atoms with Gasteiger partial charge in [-0.25, -0.2) is 0 Å². The normalized spacial score (nSPS) is 10.5. The number of carbonyl (C=O) groups excluding carboxylic acids is 1. The van der Waals surface area contributed by atoms with Crippen molar-refractivity contribution in [1.29, 1.82) is 0 Å². The zero-order chi connectivity index (χ0) is 15.5. The van der Waals surface area contributed by atoms with Crippen LogP contribution in [0.3, 0.4) is 0 Å². The maximum atomic E-state index is 12.1. The van der Waals surface area contributed by atoms with E-state index in [9.17, 15) is 4.79 Å². The molecule has 2 heterocycles. The van der Waals surface area contributed by atoms with Gasteiger partial charge in [-0.2, -0.15) is 9.78 Å². The van der Waals surface area contributed by atoms with E-state index in [0.29, 0.717) is 22.8 Å². The fourth-order valence-electron chi connectivity index (χ4n) is 1.95. The number of hydrogen-bond donors (Lipinski definition) is 2. The highest BCUT2D eigenvalue weighted by atomic mass is 16.5. The van der Waals surface area contributed by atoms with Crippen molar-refractivity contribution in [3.05, 3.63) is 42.0 Å². The van der Waals surface area contributed by atoms with Gasteiger partial charge in [0.1, 0.15) is 17.8 Å². The van der Waals surface area contributed by atoms with Gasteiger partial charge in [-0.3, -0.25) is 9.89 Å². The zero-order valence-electron chi connectivity index (χ0n) is 11.9. The topological polar surface area (TPSA) is 111 Å². The second-order valence-corrected chi connectivity index (χ2v) is 4.53. The Hall–Kier alpha value is -3.23. The van der Waals surface area contributed by atoms with Gasteiger partial charge in [-0.15, -0.1) is 5.10 Å². The molecule has 0 aliphatic heterocycles. The second-order valence-electron chi connectivity index (χ2n) is 4.53. The Balaban J connectivity index is 1.89. The molecule has 3 rings (SSSR count). The van der Waals surface area contributed by atoms with Crippen molar-refractivity contribution < 1.29 is 9.53 Å². The first kappa shape index (κ1) is 13.7. The number of hydrogen-bond acceptors (Lipinski definition) is 6. The quantitative estimate of drug-likeness (QED) is 0.742. The molecule has 1 amide bonds. The lowest BCUT2D eigenvalue weighted by molar-refractivity contribution is 0.102. The minimum atomic E-state index is -0.308. The van der Waals surface area contributed by atoms with E-state index in [1.807, 2.05) is 6.92 Å². The molecule has 0 unspecified atom stereocenters. The summed E-state index contributed by atoms with van der Waals surface area (Å²) in [6.07, 6.45) is 1.44. The number of nitrogens with zero attached hydrogens (tertiary/aromatic N) is 5. The molecule has 3 aromatic rings. The number of rotatable bonds is 4. The molecular weight excluding hydrogens is 286 g/mol. The van der Waals surface area contributed by atoms with Gasteiger partial charge in [0.05, 0.1) is 7.11 Å². The number of aromatic nitrogens is 6. The van der Waals surface area contributed by atoms with Crippen molar-refractivity contribution in [2.75, 3.05) is 12.4 Å². The van der Waals surface area contributed by atoms with Crippen LogP contribution in [0.15, 0.2) is 30.6 Å². The van der Waals surface area contributed by atoms with Gasteiger partial charge in [0.25, 0.3) is 5.91 Å². The van der Waals surface area contributed by atoms with Crippen LogP contribution in [-0.2, 0) is 0 Å². The molecule has 0 aliphatic rings. The number of tetrazole rings is 1. The van der Waals surface area contributed by atoms with Gasteiger partial charge in [-0.05, 0) is 41.6 Å². The first-order valence-corrected chi connectivity index (χ1v) is 6.42. The maximum Gasteiger partial charge on any atom is 0.276 e. The minimum absolute atomic E-state index is 0.308. The minimum Gasteiger partial charge on any atom is -0.494 e. The summed E-state index contributed by atoms with van der Waals surface area (Å²) in [6.45, 7) is 1.83. The Morgan fingerprint density at radius 1 is 1.36 bits per heavy atom. The van der Waals surface area contributed by atoms with Gasteiger partial charge >= 0.3 is 0 Å². The Morgan fingerprint density at radius 2 is 2.23 bits per heavy atom. The molecule has 0 atom stereocenters. The predicted octanol–water partition coefficient (Wildman–Crippen LogP) is 0.955. The van der Waals surface area contributed by atoms with Crippen molar-refractivity contribution in [3.63, 3.8) is 0 Å². The van der Waals surface area contributed by atoms with Crippen LogP contribution in [0.1, 0.15) is 16.2 Å². The van der Waals surface area contributed by atoms with E-state index >= 15 is 0 Å². The third-order valence-corrected chi connectivity index (χ3v) is 2.97. The summed E-state index contributed by atoms with van der Waals surface area (Å²) < 4.78 is 6.72. The van der Waals surface area contributed by atoms with E-state index in [2.05, 4.69) is 31.0 Å². The predicted molar refractivity (Wildman–Crippen MR) is 77.0 cm³/mol. The Bertz CT molecular complexity index is 795. The monoisotopic (exact) mass is 299 g/mol. The number of amides is 1. The summed E-state index contributed by atoms with van der Waals surface area (Å²) in [5.74, 6) is 0.276. The molecule has 0 bridgehead atoms. The van der Waals surface area contributed by atoms with Crippen LogP contribution in [-0.4, -0.2) is 43.4 Å². The number of benzene rings is 1. The average molecular weight is 299 g/mol. The molecule has 22 heavy (non-hydrogen) atoms. The molecule has 2 aromatic heterocycles. The molecule has 0 saturated heterocycles. The lowest BCUT2D eigenvalue weighted by atomic mass is 10.2. The number of carbonyl (C=O) groups is 1. The van der Waals surface area contributed by atoms with Crippen molar-refractivity contribution in [3.8, 4) is 11.4 Å². The molecule has 9 nitrogen and oxygen atoms in total. The van der Waals surface area contributed by atoms with E-state index in [-0.39, 0.29) is 5.91 Å². The van der Waals surface area contributed by atoms with Gasteiger partial charge < -0.3 is 10.1 Å². The second kappa shape index (κ2) is 5.64. The highest BCUT2D eigenvalue weighted by molar-refractivity contribution is 6.03. The van der Waals surface area contributed by atoms with Gasteiger partial charge in [0.15, 0.2) is 5.69 Å².